The van der Waals surface area contributed by atoms with E-state index in [9.17, 15) is 10.1 Å². The van der Waals surface area contributed by atoms with E-state index in [2.05, 4.69) is 10.3 Å². The van der Waals surface area contributed by atoms with E-state index in [1.807, 2.05) is 30.3 Å². The van der Waals surface area contributed by atoms with Crippen LogP contribution in [0, 0.1) is 10.1 Å². The van der Waals surface area contributed by atoms with Crippen LogP contribution in [0.15, 0.2) is 54.7 Å². The minimum atomic E-state index is -0.492. The van der Waals surface area contributed by atoms with Gasteiger partial charge in [0.15, 0.2) is 0 Å². The van der Waals surface area contributed by atoms with E-state index in [1.165, 1.54) is 6.07 Å². The summed E-state index contributed by atoms with van der Waals surface area (Å²) in [7, 11) is 0. The Labute approximate surface area is 125 Å². The van der Waals surface area contributed by atoms with Gasteiger partial charge >= 0.3 is 5.69 Å². The summed E-state index contributed by atoms with van der Waals surface area (Å²) in [6, 6.07) is 14.1. The van der Waals surface area contributed by atoms with Gasteiger partial charge in [0.05, 0.1) is 10.4 Å². The molecule has 1 heterocycles. The molecule has 104 valence electrons. The van der Waals surface area contributed by atoms with Gasteiger partial charge < -0.3 is 5.32 Å². The van der Waals surface area contributed by atoms with Gasteiger partial charge in [-0.3, -0.25) is 15.1 Å². The molecule has 0 amide bonds. The average molecular weight is 300 g/mol. The molecule has 0 aliphatic rings. The van der Waals surface area contributed by atoms with Crippen LogP contribution in [0.2, 0.25) is 5.02 Å². The van der Waals surface area contributed by atoms with Gasteiger partial charge in [0, 0.05) is 17.3 Å². The topological polar surface area (TPSA) is 68.1 Å². The number of nitrogens with zero attached hydrogens (tertiary/aromatic N) is 2. The van der Waals surface area contributed by atoms with Crippen molar-refractivity contribution in [3.8, 4) is 0 Å². The molecule has 5 nitrogen and oxygen atoms in total. The minimum Gasteiger partial charge on any atom is -0.349 e. The number of anilines is 2. The Balaban J connectivity index is 2.12. The number of nitro groups is 1. The van der Waals surface area contributed by atoms with Crippen molar-refractivity contribution in [1.82, 2.24) is 4.98 Å². The standard InChI is InChI=1S/C15H10ClN3O2/c16-11-5-1-8-14(15(11)19(20)21)18-13-7-2-6-12-10(13)4-3-9-17-12/h1-9,18H. The summed E-state index contributed by atoms with van der Waals surface area (Å²) in [5.74, 6) is 0. The molecule has 0 aliphatic carbocycles. The van der Waals surface area contributed by atoms with Crippen molar-refractivity contribution in [2.45, 2.75) is 0 Å². The monoisotopic (exact) mass is 299 g/mol. The largest absolute Gasteiger partial charge is 0.349 e. The smallest absolute Gasteiger partial charge is 0.311 e. The molecule has 3 rings (SSSR count). The Morgan fingerprint density at radius 1 is 1.05 bits per heavy atom. The fraction of sp³-hybridized carbons (Fsp3) is 0. The number of aromatic nitrogens is 1. The molecule has 1 aromatic heterocycles. The molecule has 0 bridgehead atoms. The first kappa shape index (κ1) is 13.3. The van der Waals surface area contributed by atoms with Crippen molar-refractivity contribution >= 4 is 39.6 Å². The number of hydrogen-bond acceptors (Lipinski definition) is 4. The maximum absolute atomic E-state index is 11.2. The van der Waals surface area contributed by atoms with Crippen LogP contribution in [0.3, 0.4) is 0 Å². The Hall–Kier alpha value is -2.66. The molecule has 1 N–H and O–H groups in total. The number of halogens is 1. The highest BCUT2D eigenvalue weighted by atomic mass is 35.5. The summed E-state index contributed by atoms with van der Waals surface area (Å²) in [6.07, 6.45) is 1.70. The van der Waals surface area contributed by atoms with E-state index < -0.39 is 4.92 Å². The second-order valence-corrected chi connectivity index (χ2v) is 4.80. The number of benzene rings is 2. The third kappa shape index (κ3) is 2.51. The zero-order chi connectivity index (χ0) is 14.8. The maximum Gasteiger partial charge on any atom is 0.311 e. The second-order valence-electron chi connectivity index (χ2n) is 4.39. The van der Waals surface area contributed by atoms with Gasteiger partial charge in [0.1, 0.15) is 10.7 Å². The zero-order valence-electron chi connectivity index (χ0n) is 10.8. The van der Waals surface area contributed by atoms with Crippen LogP contribution < -0.4 is 5.32 Å². The first-order valence-electron chi connectivity index (χ1n) is 6.20. The normalized spacial score (nSPS) is 10.5. The number of fused-ring (bicyclic) bond motifs is 1. The number of hydrogen-bond donors (Lipinski definition) is 1. The highest BCUT2D eigenvalue weighted by Crippen LogP contribution is 2.35. The molecule has 0 aliphatic heterocycles. The van der Waals surface area contributed by atoms with Crippen molar-refractivity contribution in [1.29, 1.82) is 0 Å². The van der Waals surface area contributed by atoms with Gasteiger partial charge in [-0.05, 0) is 36.4 Å². The summed E-state index contributed by atoms with van der Waals surface area (Å²) in [5, 5.41) is 15.2. The lowest BCUT2D eigenvalue weighted by Crippen LogP contribution is -1.98. The van der Waals surface area contributed by atoms with E-state index in [0.29, 0.717) is 5.69 Å². The van der Waals surface area contributed by atoms with Crippen LogP contribution in [-0.2, 0) is 0 Å². The first-order valence-corrected chi connectivity index (χ1v) is 6.58. The van der Waals surface area contributed by atoms with Crippen molar-refractivity contribution < 1.29 is 4.92 Å². The van der Waals surface area contributed by atoms with Gasteiger partial charge in [-0.25, -0.2) is 0 Å². The lowest BCUT2D eigenvalue weighted by molar-refractivity contribution is -0.383. The predicted molar refractivity (Wildman–Crippen MR) is 83.1 cm³/mol. The molecule has 6 heteroatoms. The van der Waals surface area contributed by atoms with Gasteiger partial charge in [0.2, 0.25) is 0 Å². The van der Waals surface area contributed by atoms with Crippen molar-refractivity contribution in [2.75, 3.05) is 5.32 Å². The second kappa shape index (κ2) is 5.38. The quantitative estimate of drug-likeness (QED) is 0.569. The Morgan fingerprint density at radius 2 is 1.81 bits per heavy atom. The molecule has 0 saturated heterocycles. The van der Waals surface area contributed by atoms with E-state index in [1.54, 1.807) is 18.3 Å². The molecule has 21 heavy (non-hydrogen) atoms. The third-order valence-corrected chi connectivity index (χ3v) is 3.39. The molecule has 0 saturated carbocycles. The van der Waals surface area contributed by atoms with Gasteiger partial charge in [-0.2, -0.15) is 0 Å². The summed E-state index contributed by atoms with van der Waals surface area (Å²) >= 11 is 5.91. The fourth-order valence-corrected chi connectivity index (χ4v) is 2.40. The number of nitrogens with one attached hydrogen (secondary N) is 1. The van der Waals surface area contributed by atoms with E-state index in [0.717, 1.165) is 16.6 Å². The predicted octanol–water partition coefficient (Wildman–Crippen LogP) is 4.54. The van der Waals surface area contributed by atoms with Gasteiger partial charge in [-0.15, -0.1) is 0 Å². The molecular weight excluding hydrogens is 290 g/mol. The molecule has 3 aromatic rings. The number of nitro benzene ring substituents is 1. The van der Waals surface area contributed by atoms with Crippen molar-refractivity contribution in [3.63, 3.8) is 0 Å². The molecular formula is C15H10ClN3O2. The van der Waals surface area contributed by atoms with E-state index in [-0.39, 0.29) is 10.7 Å². The van der Waals surface area contributed by atoms with Crippen LogP contribution in [0.1, 0.15) is 0 Å². The van der Waals surface area contributed by atoms with Crippen LogP contribution >= 0.6 is 11.6 Å². The molecule has 0 atom stereocenters. The molecule has 2 aromatic carbocycles. The Morgan fingerprint density at radius 3 is 2.62 bits per heavy atom. The lowest BCUT2D eigenvalue weighted by Gasteiger charge is -2.10. The summed E-state index contributed by atoms with van der Waals surface area (Å²) in [5.41, 5.74) is 1.77. The van der Waals surface area contributed by atoms with Crippen LogP contribution in [0.4, 0.5) is 17.1 Å². The van der Waals surface area contributed by atoms with Gasteiger partial charge in [0.25, 0.3) is 0 Å². The fourth-order valence-electron chi connectivity index (χ4n) is 2.16. The number of pyridine rings is 1. The average Bonchev–Trinajstić information content (AvgIpc) is 2.47. The Bertz CT molecular complexity index is 831. The third-order valence-electron chi connectivity index (χ3n) is 3.08. The highest BCUT2D eigenvalue weighted by molar-refractivity contribution is 6.33. The number of rotatable bonds is 3. The number of para-hydroxylation sites is 1. The SMILES string of the molecule is O=[N+]([O-])c1c(Cl)cccc1Nc1cccc2ncccc12. The molecule has 0 spiro atoms. The Kier molecular flexibility index (Phi) is 3.41. The zero-order valence-corrected chi connectivity index (χ0v) is 11.5. The van der Waals surface area contributed by atoms with Crippen molar-refractivity contribution in [2.24, 2.45) is 0 Å². The van der Waals surface area contributed by atoms with Crippen LogP contribution in [-0.4, -0.2) is 9.91 Å². The molecule has 0 unspecified atom stereocenters. The first-order chi connectivity index (χ1) is 10.2. The summed E-state index contributed by atoms with van der Waals surface area (Å²) in [4.78, 5) is 14.9. The lowest BCUT2D eigenvalue weighted by atomic mass is 10.1. The van der Waals surface area contributed by atoms with Crippen molar-refractivity contribution in [3.05, 3.63) is 69.9 Å². The maximum atomic E-state index is 11.2. The highest BCUT2D eigenvalue weighted by Gasteiger charge is 2.18. The van der Waals surface area contributed by atoms with Gasteiger partial charge in [-0.1, -0.05) is 23.7 Å². The summed E-state index contributed by atoms with van der Waals surface area (Å²) < 4.78 is 0. The van der Waals surface area contributed by atoms with Crippen LogP contribution in [0.5, 0.6) is 0 Å². The van der Waals surface area contributed by atoms with Crippen LogP contribution in [0.25, 0.3) is 10.9 Å². The molecule has 0 radical (unpaired) electrons. The van der Waals surface area contributed by atoms with E-state index in [4.69, 9.17) is 11.6 Å². The minimum absolute atomic E-state index is 0.100. The molecule has 0 fully saturated rings. The van der Waals surface area contributed by atoms with E-state index >= 15 is 0 Å². The summed E-state index contributed by atoms with van der Waals surface area (Å²) in [6.45, 7) is 0.